The predicted molar refractivity (Wildman–Crippen MR) is 126 cm³/mol. The number of azo groups is 1. The Kier molecular flexibility index (Phi) is 9.24. The fourth-order valence-corrected chi connectivity index (χ4v) is 3.38. The molecule has 0 radical (unpaired) electrons. The first-order chi connectivity index (χ1) is 17.4. The third-order valence-corrected chi connectivity index (χ3v) is 5.29. The van der Waals surface area contributed by atoms with E-state index in [2.05, 4.69) is 20.3 Å². The van der Waals surface area contributed by atoms with Crippen molar-refractivity contribution < 1.29 is 29.1 Å². The third kappa shape index (κ3) is 7.47. The number of aromatic hydroxyl groups is 1. The summed E-state index contributed by atoms with van der Waals surface area (Å²) in [6.07, 6.45) is 2.60. The van der Waals surface area contributed by atoms with Gasteiger partial charge in [0.25, 0.3) is 11.8 Å². The monoisotopic (exact) mass is 492 g/mol. The maximum atomic E-state index is 12.2. The number of carbonyl (C=O) groups excluding carboxylic acids is 4. The molecule has 1 aliphatic rings. The Balaban J connectivity index is 1.49. The van der Waals surface area contributed by atoms with E-state index in [4.69, 9.17) is 10.4 Å². The van der Waals surface area contributed by atoms with Crippen LogP contribution in [0.4, 0.5) is 11.4 Å². The lowest BCUT2D eigenvalue weighted by Crippen LogP contribution is -2.32. The molecule has 36 heavy (non-hydrogen) atoms. The van der Waals surface area contributed by atoms with Crippen LogP contribution in [-0.2, 0) is 25.6 Å². The van der Waals surface area contributed by atoms with Crippen molar-refractivity contribution in [2.45, 2.75) is 44.9 Å². The smallest absolute Gasteiger partial charge is 0.363 e. The standard InChI is InChI=1S/C24H24N6O6/c25-29-26-14-2-5-19(31)4-1-3-16-6-11-20(21(32)15-16)28-27-18-9-7-17(8-10-18)24(35)36-30-22(33)12-13-23(30)34/h6-11,15,32H,1-5,12-14H2. The molecule has 0 unspecified atom stereocenters. The van der Waals surface area contributed by atoms with Crippen LogP contribution in [0, 0.1) is 0 Å². The molecule has 2 aromatic rings. The molecule has 0 atom stereocenters. The number of hydrogen-bond donors (Lipinski definition) is 1. The van der Waals surface area contributed by atoms with Crippen molar-refractivity contribution in [1.82, 2.24) is 5.06 Å². The number of nitrogens with zero attached hydrogens (tertiary/aromatic N) is 6. The lowest BCUT2D eigenvalue weighted by Gasteiger charge is -2.12. The van der Waals surface area contributed by atoms with Crippen molar-refractivity contribution >= 4 is 34.9 Å². The number of hydroxylamine groups is 2. The zero-order valence-corrected chi connectivity index (χ0v) is 19.4. The van der Waals surface area contributed by atoms with E-state index < -0.39 is 17.8 Å². The summed E-state index contributed by atoms with van der Waals surface area (Å²) in [5.41, 5.74) is 9.86. The van der Waals surface area contributed by atoms with Gasteiger partial charge in [0.05, 0.1) is 11.3 Å². The van der Waals surface area contributed by atoms with E-state index in [-0.39, 0.29) is 35.6 Å². The molecule has 1 heterocycles. The van der Waals surface area contributed by atoms with Crippen molar-refractivity contribution in [2.75, 3.05) is 6.54 Å². The summed E-state index contributed by atoms with van der Waals surface area (Å²) < 4.78 is 0. The number of hydrogen-bond acceptors (Lipinski definition) is 9. The molecule has 0 bridgehead atoms. The number of phenols is 1. The average Bonchev–Trinajstić information content (AvgIpc) is 3.18. The number of phenolic OH excluding ortho intramolecular Hbond substituents is 1. The van der Waals surface area contributed by atoms with E-state index in [1.165, 1.54) is 24.3 Å². The van der Waals surface area contributed by atoms with E-state index in [0.717, 1.165) is 5.56 Å². The van der Waals surface area contributed by atoms with Gasteiger partial charge in [0, 0.05) is 37.1 Å². The number of imide groups is 1. The second-order valence-electron chi connectivity index (χ2n) is 7.98. The van der Waals surface area contributed by atoms with Crippen LogP contribution in [0.5, 0.6) is 5.75 Å². The van der Waals surface area contributed by atoms with Gasteiger partial charge in [-0.15, -0.1) is 10.2 Å². The van der Waals surface area contributed by atoms with Gasteiger partial charge in [-0.1, -0.05) is 11.2 Å². The molecule has 12 nitrogen and oxygen atoms in total. The Bertz CT molecular complexity index is 1200. The normalized spacial score (nSPS) is 13.2. The first-order valence-electron chi connectivity index (χ1n) is 11.3. The van der Waals surface area contributed by atoms with Crippen LogP contribution in [0.15, 0.2) is 57.8 Å². The highest BCUT2D eigenvalue weighted by Gasteiger charge is 2.33. The topological polar surface area (TPSA) is 174 Å². The Morgan fingerprint density at radius 3 is 2.36 bits per heavy atom. The molecule has 2 amide bonds. The van der Waals surface area contributed by atoms with E-state index >= 15 is 0 Å². The molecule has 2 aromatic carbocycles. The number of benzene rings is 2. The van der Waals surface area contributed by atoms with Crippen LogP contribution in [0.2, 0.25) is 0 Å². The molecular weight excluding hydrogens is 468 g/mol. The van der Waals surface area contributed by atoms with Crippen LogP contribution in [-0.4, -0.2) is 40.3 Å². The van der Waals surface area contributed by atoms with Gasteiger partial charge in [0.15, 0.2) is 0 Å². The second kappa shape index (κ2) is 12.8. The maximum Gasteiger partial charge on any atom is 0.363 e. The fraction of sp³-hybridized carbons (Fsp3) is 0.333. The lowest BCUT2D eigenvalue weighted by molar-refractivity contribution is -0.172. The minimum Gasteiger partial charge on any atom is -0.506 e. The first kappa shape index (κ1) is 26.0. The van der Waals surface area contributed by atoms with Gasteiger partial charge in [0.1, 0.15) is 17.2 Å². The van der Waals surface area contributed by atoms with Gasteiger partial charge in [-0.05, 0) is 66.8 Å². The van der Waals surface area contributed by atoms with E-state index in [1.54, 1.807) is 18.2 Å². The van der Waals surface area contributed by atoms with Crippen molar-refractivity contribution in [2.24, 2.45) is 15.3 Å². The van der Waals surface area contributed by atoms with E-state index in [1.807, 2.05) is 0 Å². The molecular formula is C24H24N6O6. The largest absolute Gasteiger partial charge is 0.506 e. The van der Waals surface area contributed by atoms with Crippen molar-refractivity contribution in [3.8, 4) is 5.75 Å². The Morgan fingerprint density at radius 2 is 1.69 bits per heavy atom. The minimum atomic E-state index is -0.842. The van der Waals surface area contributed by atoms with Gasteiger partial charge >= 0.3 is 5.97 Å². The molecule has 3 rings (SSSR count). The average molecular weight is 492 g/mol. The SMILES string of the molecule is [N-]=[N+]=NCCCC(=O)CCCc1ccc(N=Nc2ccc(C(=O)ON3C(=O)CCC3=O)cc2)c(O)c1. The number of azide groups is 1. The van der Waals surface area contributed by atoms with Gasteiger partial charge in [-0.3, -0.25) is 14.4 Å². The highest BCUT2D eigenvalue weighted by atomic mass is 16.7. The number of aryl methyl sites for hydroxylation is 1. The summed E-state index contributed by atoms with van der Waals surface area (Å²) in [5.74, 6) is -1.91. The Labute approximate surface area is 206 Å². The van der Waals surface area contributed by atoms with Gasteiger partial charge in [-0.2, -0.15) is 5.11 Å². The minimum absolute atomic E-state index is 0.0141. The van der Waals surface area contributed by atoms with Gasteiger partial charge in [0.2, 0.25) is 0 Å². The summed E-state index contributed by atoms with van der Waals surface area (Å²) in [4.78, 5) is 54.6. The van der Waals surface area contributed by atoms with Crippen LogP contribution in [0.25, 0.3) is 10.4 Å². The summed E-state index contributed by atoms with van der Waals surface area (Å²) in [7, 11) is 0. The van der Waals surface area contributed by atoms with Crippen molar-refractivity contribution in [3.05, 3.63) is 64.0 Å². The molecule has 0 saturated carbocycles. The quantitative estimate of drug-likeness (QED) is 0.143. The third-order valence-electron chi connectivity index (χ3n) is 5.29. The number of carbonyl (C=O) groups is 4. The zero-order chi connectivity index (χ0) is 25.9. The fourth-order valence-electron chi connectivity index (χ4n) is 3.38. The van der Waals surface area contributed by atoms with Gasteiger partial charge < -0.3 is 9.94 Å². The molecule has 0 aliphatic carbocycles. The summed E-state index contributed by atoms with van der Waals surface area (Å²) in [6, 6.07) is 10.8. The molecule has 1 N–H and O–H groups in total. The van der Waals surface area contributed by atoms with Crippen molar-refractivity contribution in [3.63, 3.8) is 0 Å². The molecule has 12 heteroatoms. The summed E-state index contributed by atoms with van der Waals surface area (Å²) >= 11 is 0. The van der Waals surface area contributed by atoms with Crippen LogP contribution in [0.1, 0.15) is 54.4 Å². The predicted octanol–water partition coefficient (Wildman–Crippen LogP) is 5.01. The number of amides is 2. The zero-order valence-electron chi connectivity index (χ0n) is 19.4. The molecule has 1 saturated heterocycles. The highest BCUT2D eigenvalue weighted by Crippen LogP contribution is 2.29. The first-order valence-corrected chi connectivity index (χ1v) is 11.3. The molecule has 0 aromatic heterocycles. The van der Waals surface area contributed by atoms with Crippen LogP contribution < -0.4 is 0 Å². The molecule has 1 aliphatic heterocycles. The summed E-state index contributed by atoms with van der Waals surface area (Å²) in [6.45, 7) is 0.311. The Hall–Kier alpha value is -4.57. The van der Waals surface area contributed by atoms with Crippen LogP contribution in [0.3, 0.4) is 0 Å². The second-order valence-corrected chi connectivity index (χ2v) is 7.98. The van der Waals surface area contributed by atoms with E-state index in [0.29, 0.717) is 49.4 Å². The summed E-state index contributed by atoms with van der Waals surface area (Å²) in [5, 5.41) is 22.2. The van der Waals surface area contributed by atoms with Gasteiger partial charge in [-0.25, -0.2) is 4.79 Å². The number of ketones is 1. The molecule has 186 valence electrons. The lowest BCUT2D eigenvalue weighted by atomic mass is 10.0. The Morgan fingerprint density at radius 1 is 1.00 bits per heavy atom. The van der Waals surface area contributed by atoms with Crippen molar-refractivity contribution in [1.29, 1.82) is 0 Å². The number of Topliss-reactive ketones (excluding diaryl/α,β-unsaturated/α-hetero) is 1. The van der Waals surface area contributed by atoms with E-state index in [9.17, 15) is 24.3 Å². The molecule has 0 spiro atoms. The number of rotatable bonds is 12. The maximum absolute atomic E-state index is 12.2. The van der Waals surface area contributed by atoms with Crippen LogP contribution >= 0.6 is 0 Å². The molecule has 1 fully saturated rings. The highest BCUT2D eigenvalue weighted by molar-refractivity contribution is 6.02.